The molecule has 0 amide bonds. The Morgan fingerprint density at radius 1 is 1.16 bits per heavy atom. The number of rotatable bonds is 7. The average molecular weight is 420 g/mol. The van der Waals surface area contributed by atoms with E-state index < -0.39 is 5.97 Å². The molecule has 0 radical (unpaired) electrons. The second kappa shape index (κ2) is 8.69. The van der Waals surface area contributed by atoms with E-state index >= 15 is 0 Å². The van der Waals surface area contributed by atoms with Crippen molar-refractivity contribution in [2.75, 3.05) is 0 Å². The second-order valence-electron chi connectivity index (χ2n) is 6.53. The third-order valence-corrected chi connectivity index (χ3v) is 4.40. The summed E-state index contributed by atoms with van der Waals surface area (Å²) in [5.41, 5.74) is 2.52. The molecule has 0 saturated heterocycles. The van der Waals surface area contributed by atoms with Crippen LogP contribution < -0.4 is 9.47 Å². The van der Waals surface area contributed by atoms with Crippen molar-refractivity contribution in [1.29, 1.82) is 0 Å². The van der Waals surface area contributed by atoms with Crippen LogP contribution in [0.5, 0.6) is 11.8 Å². The molecule has 11 nitrogen and oxygen atoms in total. The van der Waals surface area contributed by atoms with Crippen LogP contribution >= 0.6 is 0 Å². The molecule has 4 rings (SSSR count). The summed E-state index contributed by atoms with van der Waals surface area (Å²) in [7, 11) is 1.77. The van der Waals surface area contributed by atoms with E-state index in [1.165, 1.54) is 6.92 Å². The number of hydrogen-bond donors (Lipinski definition) is 0. The number of ether oxygens (including phenoxy) is 2. The number of aromatic nitrogens is 8. The highest BCUT2D eigenvalue weighted by Gasteiger charge is 2.18. The summed E-state index contributed by atoms with van der Waals surface area (Å²) < 4.78 is 14.3. The number of esters is 1. The number of carbonyl (C=O) groups is 1. The quantitative estimate of drug-likeness (QED) is 0.413. The molecule has 0 bridgehead atoms. The first-order valence-electron chi connectivity index (χ1n) is 9.58. The lowest BCUT2D eigenvalue weighted by atomic mass is 10.2. The Labute approximate surface area is 177 Å². The molecule has 4 heterocycles. The molecule has 11 heteroatoms. The SMILES string of the molecule is CCc1nc(-c2nnn(C)c2COc2nccc(-n3cccn3)n2)ccc1OC(C)=O. The molecule has 0 aliphatic carbocycles. The first-order valence-corrected chi connectivity index (χ1v) is 9.58. The number of pyridine rings is 1. The summed E-state index contributed by atoms with van der Waals surface area (Å²) in [4.78, 5) is 24.4. The maximum Gasteiger partial charge on any atom is 0.318 e. The van der Waals surface area contributed by atoms with E-state index in [9.17, 15) is 4.79 Å². The van der Waals surface area contributed by atoms with Crippen LogP contribution in [0, 0.1) is 0 Å². The van der Waals surface area contributed by atoms with E-state index in [1.807, 2.05) is 6.92 Å². The van der Waals surface area contributed by atoms with Crippen molar-refractivity contribution in [3.63, 3.8) is 0 Å². The maximum atomic E-state index is 11.3. The van der Waals surface area contributed by atoms with Gasteiger partial charge in [-0.2, -0.15) is 10.1 Å². The molecular formula is C20H20N8O3. The smallest absolute Gasteiger partial charge is 0.318 e. The Morgan fingerprint density at radius 3 is 2.77 bits per heavy atom. The third kappa shape index (κ3) is 4.39. The van der Waals surface area contributed by atoms with E-state index in [-0.39, 0.29) is 12.6 Å². The van der Waals surface area contributed by atoms with E-state index in [4.69, 9.17) is 9.47 Å². The van der Waals surface area contributed by atoms with Gasteiger partial charge >= 0.3 is 12.0 Å². The van der Waals surface area contributed by atoms with Crippen LogP contribution in [0.15, 0.2) is 42.9 Å². The average Bonchev–Trinajstić information content (AvgIpc) is 3.43. The highest BCUT2D eigenvalue weighted by Crippen LogP contribution is 2.25. The second-order valence-corrected chi connectivity index (χ2v) is 6.53. The van der Waals surface area contributed by atoms with Crippen LogP contribution in [0.1, 0.15) is 25.2 Å². The predicted octanol–water partition coefficient (Wildman–Crippen LogP) is 1.92. The molecule has 0 aliphatic rings. The molecule has 4 aromatic heterocycles. The molecule has 158 valence electrons. The third-order valence-electron chi connectivity index (χ3n) is 4.40. The molecule has 0 N–H and O–H groups in total. The Balaban J connectivity index is 1.58. The summed E-state index contributed by atoms with van der Waals surface area (Å²) in [5.74, 6) is 0.633. The zero-order valence-electron chi connectivity index (χ0n) is 17.3. The van der Waals surface area contributed by atoms with Crippen LogP contribution in [-0.4, -0.2) is 45.7 Å². The van der Waals surface area contributed by atoms with Crippen LogP contribution in [0.3, 0.4) is 0 Å². The van der Waals surface area contributed by atoms with Crippen molar-refractivity contribution in [1.82, 2.24) is 39.7 Å². The van der Waals surface area contributed by atoms with Gasteiger partial charge in [-0.15, -0.1) is 5.10 Å². The molecule has 4 aromatic rings. The van der Waals surface area contributed by atoms with Crippen molar-refractivity contribution in [2.45, 2.75) is 26.9 Å². The van der Waals surface area contributed by atoms with E-state index in [0.717, 1.165) is 0 Å². The number of aryl methyl sites for hydroxylation is 2. The standard InChI is InChI=1S/C20H20N8O3/c1-4-14-17(31-13(2)29)7-6-15(23-14)19-16(27(3)26-25-19)12-30-20-21-10-8-18(24-20)28-11-5-9-22-28/h5-11H,4,12H2,1-3H3. The molecule has 0 aromatic carbocycles. The monoisotopic (exact) mass is 420 g/mol. The minimum absolute atomic E-state index is 0.135. The fraction of sp³-hybridized carbons (Fsp3) is 0.250. The molecule has 31 heavy (non-hydrogen) atoms. The van der Waals surface area contributed by atoms with Gasteiger partial charge in [0, 0.05) is 38.6 Å². The largest absolute Gasteiger partial charge is 0.457 e. The van der Waals surface area contributed by atoms with Gasteiger partial charge in [-0.05, 0) is 24.6 Å². The van der Waals surface area contributed by atoms with Crippen LogP contribution in [0.2, 0.25) is 0 Å². The summed E-state index contributed by atoms with van der Waals surface area (Å²) in [5, 5.41) is 12.5. The van der Waals surface area contributed by atoms with Gasteiger partial charge in [0.2, 0.25) is 0 Å². The topological polar surface area (TPSA) is 123 Å². The first kappa shape index (κ1) is 20.1. The Hall–Kier alpha value is -4.15. The Kier molecular flexibility index (Phi) is 5.65. The number of nitrogens with zero attached hydrogens (tertiary/aromatic N) is 8. The van der Waals surface area contributed by atoms with Gasteiger partial charge in [0.25, 0.3) is 0 Å². The van der Waals surface area contributed by atoms with Crippen LogP contribution in [0.25, 0.3) is 17.2 Å². The Morgan fingerprint density at radius 2 is 2.03 bits per heavy atom. The van der Waals surface area contributed by atoms with Crippen molar-refractivity contribution in [3.05, 3.63) is 54.2 Å². The molecule has 0 atom stereocenters. The molecule has 0 saturated carbocycles. The van der Waals surface area contributed by atoms with E-state index in [1.54, 1.807) is 59.3 Å². The van der Waals surface area contributed by atoms with Crippen molar-refractivity contribution < 1.29 is 14.3 Å². The molecule has 0 unspecified atom stereocenters. The lowest BCUT2D eigenvalue weighted by Gasteiger charge is -2.10. The number of hydrogen-bond acceptors (Lipinski definition) is 9. The van der Waals surface area contributed by atoms with Gasteiger partial charge in [-0.3, -0.25) is 4.79 Å². The lowest BCUT2D eigenvalue weighted by molar-refractivity contribution is -0.131. The van der Waals surface area contributed by atoms with Gasteiger partial charge in [-0.25, -0.2) is 19.3 Å². The van der Waals surface area contributed by atoms with Crippen LogP contribution in [-0.2, 0) is 24.9 Å². The normalized spacial score (nSPS) is 10.8. The van der Waals surface area contributed by atoms with E-state index in [0.29, 0.717) is 40.8 Å². The molecule has 0 fully saturated rings. The highest BCUT2D eigenvalue weighted by molar-refractivity contribution is 5.70. The Bertz CT molecular complexity index is 1200. The van der Waals surface area contributed by atoms with Crippen molar-refractivity contribution in [2.24, 2.45) is 7.05 Å². The highest BCUT2D eigenvalue weighted by atomic mass is 16.5. The van der Waals surface area contributed by atoms with Crippen molar-refractivity contribution >= 4 is 5.97 Å². The minimum atomic E-state index is -0.393. The summed E-state index contributed by atoms with van der Waals surface area (Å²) in [6.07, 6.45) is 5.65. The van der Waals surface area contributed by atoms with Gasteiger partial charge in [-0.1, -0.05) is 12.1 Å². The summed E-state index contributed by atoms with van der Waals surface area (Å²) in [6.45, 7) is 3.43. The van der Waals surface area contributed by atoms with Crippen molar-refractivity contribution in [3.8, 4) is 29.0 Å². The fourth-order valence-electron chi connectivity index (χ4n) is 2.93. The van der Waals surface area contributed by atoms with Gasteiger partial charge in [0.1, 0.15) is 18.0 Å². The molecular weight excluding hydrogens is 400 g/mol. The summed E-state index contributed by atoms with van der Waals surface area (Å²) in [6, 6.07) is 7.18. The minimum Gasteiger partial charge on any atom is -0.457 e. The first-order chi connectivity index (χ1) is 15.0. The molecule has 0 spiro atoms. The zero-order chi connectivity index (χ0) is 21.8. The lowest BCUT2D eigenvalue weighted by Crippen LogP contribution is -2.08. The number of carbonyl (C=O) groups excluding carboxylic acids is 1. The van der Waals surface area contributed by atoms with Gasteiger partial charge in [0.05, 0.1) is 11.4 Å². The van der Waals surface area contributed by atoms with Crippen LogP contribution in [0.4, 0.5) is 0 Å². The molecule has 0 aliphatic heterocycles. The predicted molar refractivity (Wildman–Crippen MR) is 108 cm³/mol. The maximum absolute atomic E-state index is 11.3. The zero-order valence-corrected chi connectivity index (χ0v) is 17.3. The summed E-state index contributed by atoms with van der Waals surface area (Å²) >= 11 is 0. The van der Waals surface area contributed by atoms with Gasteiger partial charge in [0.15, 0.2) is 11.6 Å². The van der Waals surface area contributed by atoms with E-state index in [2.05, 4.69) is 30.4 Å². The fourth-order valence-corrected chi connectivity index (χ4v) is 2.93. The van der Waals surface area contributed by atoms with Gasteiger partial charge < -0.3 is 9.47 Å².